The predicted molar refractivity (Wildman–Crippen MR) is 234 cm³/mol. The maximum atomic E-state index is 14.4. The van der Waals surface area contributed by atoms with Gasteiger partial charge in [0.25, 0.3) is 0 Å². The summed E-state index contributed by atoms with van der Waals surface area (Å²) in [6.45, 7) is 17.2. The number of nitrogens with one attached hydrogen (secondary N) is 1. The number of cyclic esters (lactones) is 1. The number of anilines is 1. The van der Waals surface area contributed by atoms with Crippen molar-refractivity contribution in [3.05, 3.63) is 29.3 Å². The second-order valence-corrected chi connectivity index (χ2v) is 18.9. The van der Waals surface area contributed by atoms with Crippen LogP contribution in [0.1, 0.15) is 94.9 Å². The predicted octanol–water partition coefficient (Wildman–Crippen LogP) is 4.41. The number of esters is 1. The maximum absolute atomic E-state index is 14.4. The minimum absolute atomic E-state index is 0.0631. The Morgan fingerprint density at radius 2 is 1.57 bits per heavy atom. The van der Waals surface area contributed by atoms with Crippen LogP contribution >= 0.6 is 11.6 Å². The van der Waals surface area contributed by atoms with E-state index in [-0.39, 0.29) is 38.4 Å². The number of carbonyl (C=O) groups is 1. The minimum atomic E-state index is -1.99. The Morgan fingerprint density at radius 3 is 2.19 bits per heavy atom. The Labute approximate surface area is 378 Å². The Hall–Kier alpha value is -2.23. The Balaban J connectivity index is 1.84. The third-order valence-corrected chi connectivity index (χ3v) is 13.4. The van der Waals surface area contributed by atoms with E-state index in [9.17, 15) is 30.3 Å². The molecular weight excluding hydrogens is 844 g/mol. The number of hydrogen-bond donors (Lipinski definition) is 6. The number of methoxy groups -OCH3 is 2. The van der Waals surface area contributed by atoms with E-state index in [4.69, 9.17) is 54.3 Å². The molecule has 0 spiro atoms. The third kappa shape index (κ3) is 13.2. The van der Waals surface area contributed by atoms with Gasteiger partial charge in [-0.05, 0) is 85.1 Å². The summed E-state index contributed by atoms with van der Waals surface area (Å²) in [6, 6.07) is 6.53. The van der Waals surface area contributed by atoms with Crippen LogP contribution in [0.2, 0.25) is 5.02 Å². The van der Waals surface area contributed by atoms with Gasteiger partial charge in [-0.3, -0.25) is 4.79 Å². The molecule has 6 N–H and O–H groups in total. The van der Waals surface area contributed by atoms with Gasteiger partial charge < -0.3 is 73.6 Å². The molecule has 18 atom stereocenters. The molecule has 0 aliphatic carbocycles. The molecule has 1 aromatic rings. The summed E-state index contributed by atoms with van der Waals surface area (Å²) >= 11 is 6.15. The van der Waals surface area contributed by atoms with E-state index in [1.54, 1.807) is 86.8 Å². The van der Waals surface area contributed by atoms with E-state index in [2.05, 4.69) is 10.5 Å². The summed E-state index contributed by atoms with van der Waals surface area (Å²) in [5, 5.41) is 68.1. The Bertz CT molecular complexity index is 1600. The molecule has 0 radical (unpaired) electrons. The lowest BCUT2D eigenvalue weighted by molar-refractivity contribution is -0.314. The van der Waals surface area contributed by atoms with Gasteiger partial charge in [0.2, 0.25) is 6.79 Å². The number of aliphatic hydroxyl groups excluding tert-OH is 3. The van der Waals surface area contributed by atoms with Crippen LogP contribution in [-0.2, 0) is 47.5 Å². The smallest absolute Gasteiger partial charge is 0.311 e. The molecule has 3 fully saturated rings. The summed E-state index contributed by atoms with van der Waals surface area (Å²) in [5.41, 5.74) is -3.89. The zero-order valence-corrected chi connectivity index (χ0v) is 39.8. The summed E-state index contributed by atoms with van der Waals surface area (Å²) in [4.78, 5) is 20.0. The lowest BCUT2D eigenvalue weighted by Crippen LogP contribution is -2.61. The number of hydrogen-bond acceptors (Lipinski definition) is 17. The highest BCUT2D eigenvalue weighted by molar-refractivity contribution is 6.30. The highest BCUT2D eigenvalue weighted by atomic mass is 35.5. The first-order valence-corrected chi connectivity index (χ1v) is 22.5. The summed E-state index contributed by atoms with van der Waals surface area (Å²) in [7, 11) is 3.03. The number of nitrogens with zero attached hydrogens (tertiary/aromatic N) is 1. The number of rotatable bonds is 14. The fourth-order valence-corrected chi connectivity index (χ4v) is 9.47. The molecule has 18 heteroatoms. The molecule has 1 aromatic carbocycles. The van der Waals surface area contributed by atoms with Crippen molar-refractivity contribution < 1.29 is 73.1 Å². The van der Waals surface area contributed by atoms with Crippen molar-refractivity contribution in [2.45, 2.75) is 179 Å². The lowest BCUT2D eigenvalue weighted by Gasteiger charge is -2.49. The summed E-state index contributed by atoms with van der Waals surface area (Å²) < 4.78 is 48.4. The summed E-state index contributed by atoms with van der Waals surface area (Å²) in [5.74, 6) is -4.29. The normalized spacial score (nSPS) is 42.9. The molecule has 0 unspecified atom stereocenters. The topological polar surface area (TPSA) is 226 Å². The minimum Gasteiger partial charge on any atom is -0.459 e. The first-order chi connectivity index (χ1) is 29.5. The summed E-state index contributed by atoms with van der Waals surface area (Å²) in [6.07, 6.45) is -10.2. The van der Waals surface area contributed by atoms with Gasteiger partial charge in [0.05, 0.1) is 72.6 Å². The Kier molecular flexibility index (Phi) is 19.5. The van der Waals surface area contributed by atoms with Gasteiger partial charge in [-0.2, -0.15) is 0 Å². The van der Waals surface area contributed by atoms with Crippen molar-refractivity contribution >= 4 is 29.0 Å². The SMILES string of the molecule is CC[C@H]1OC(=O)[C@H](C)[C@@H](O[C@H]2C[C@@](C)(OC)[C@@H](O)[C@H](C)O2)[C@H](C)[C@@H](O[C@@H]2O[C@H](C)C[C@H](Nc3ccc(Cl)cc3)[C@H]2O)[C@](C)(O)C[C@@H](C)/C(=N\OCOCCOC)[C@H](C)[C@@H](O)[C@]1(C)O. The van der Waals surface area contributed by atoms with Crippen molar-refractivity contribution in [1.29, 1.82) is 0 Å². The number of halogens is 1. The Morgan fingerprint density at radius 1 is 0.905 bits per heavy atom. The number of benzene rings is 1. The standard InChI is InChI=1S/C45H75ClN2O15/c1-13-33-45(10,54)38(50)26(4)35(48-58-23-57-19-18-55-11)24(2)21-43(8,53)40(63-42-36(49)32(20-25(3)59-42)47-31-16-14-30(46)15-17-31)27(5)37(28(6)41(52)61-33)62-34-22-44(9,56-12)39(51)29(7)60-34/h14-17,24-29,32-34,36-40,42,47,49-51,53-54H,13,18-23H2,1-12H3/b48-35+/t24-,25-,26+,27+,28-,29+,32+,33-,34+,36-,37+,38-,39+,40-,42+,43-,44-,45-/m1/s1. The highest BCUT2D eigenvalue weighted by Gasteiger charge is 2.53. The van der Waals surface area contributed by atoms with Gasteiger partial charge in [-0.15, -0.1) is 0 Å². The first-order valence-electron chi connectivity index (χ1n) is 22.2. The molecule has 3 aliphatic rings. The van der Waals surface area contributed by atoms with Crippen molar-refractivity contribution in [1.82, 2.24) is 0 Å². The molecule has 362 valence electrons. The number of aliphatic hydroxyl groups is 5. The van der Waals surface area contributed by atoms with Gasteiger partial charge in [0, 0.05) is 49.1 Å². The first kappa shape index (κ1) is 53.4. The molecule has 0 aromatic heterocycles. The van der Waals surface area contributed by atoms with Crippen LogP contribution in [0.3, 0.4) is 0 Å². The lowest BCUT2D eigenvalue weighted by atomic mass is 9.73. The molecule has 3 saturated heterocycles. The fourth-order valence-electron chi connectivity index (χ4n) is 9.35. The van der Waals surface area contributed by atoms with Crippen molar-refractivity contribution in [2.24, 2.45) is 28.8 Å². The van der Waals surface area contributed by atoms with Gasteiger partial charge >= 0.3 is 5.97 Å². The van der Waals surface area contributed by atoms with Crippen LogP contribution in [0.25, 0.3) is 0 Å². The van der Waals surface area contributed by atoms with E-state index in [1.807, 2.05) is 6.92 Å². The van der Waals surface area contributed by atoms with Crippen molar-refractivity contribution in [2.75, 3.05) is 39.5 Å². The molecule has 0 bridgehead atoms. The van der Waals surface area contributed by atoms with E-state index < -0.39 is 114 Å². The zero-order chi connectivity index (χ0) is 47.0. The van der Waals surface area contributed by atoms with Gasteiger partial charge in [0.1, 0.15) is 23.9 Å². The van der Waals surface area contributed by atoms with Gasteiger partial charge in [-0.1, -0.05) is 44.5 Å². The third-order valence-electron chi connectivity index (χ3n) is 13.2. The molecule has 0 amide bonds. The number of carbonyl (C=O) groups excluding carboxylic acids is 1. The van der Waals surface area contributed by atoms with Crippen LogP contribution < -0.4 is 5.32 Å². The van der Waals surface area contributed by atoms with Gasteiger partial charge in [-0.25, -0.2) is 0 Å². The average molecular weight is 920 g/mol. The van der Waals surface area contributed by atoms with Crippen LogP contribution in [0, 0.1) is 23.7 Å². The molecular formula is C45H75ClN2O15. The van der Waals surface area contributed by atoms with Crippen LogP contribution in [0.5, 0.6) is 0 Å². The van der Waals surface area contributed by atoms with Crippen molar-refractivity contribution in [3.63, 3.8) is 0 Å². The zero-order valence-electron chi connectivity index (χ0n) is 39.1. The van der Waals surface area contributed by atoms with Crippen LogP contribution in [0.15, 0.2) is 29.4 Å². The highest BCUT2D eigenvalue weighted by Crippen LogP contribution is 2.41. The largest absolute Gasteiger partial charge is 0.459 e. The molecule has 0 saturated carbocycles. The second kappa shape index (κ2) is 23.0. The van der Waals surface area contributed by atoms with E-state index >= 15 is 0 Å². The van der Waals surface area contributed by atoms with Crippen LogP contribution in [0.4, 0.5) is 5.69 Å². The molecule has 3 heterocycles. The number of ether oxygens (including phenoxy) is 8. The van der Waals surface area contributed by atoms with Crippen molar-refractivity contribution in [3.8, 4) is 0 Å². The quantitative estimate of drug-likeness (QED) is 0.0658. The van der Waals surface area contributed by atoms with Gasteiger partial charge in [0.15, 0.2) is 12.6 Å². The molecule has 4 rings (SSSR count). The van der Waals surface area contributed by atoms with E-state index in [0.717, 1.165) is 5.69 Å². The molecule has 63 heavy (non-hydrogen) atoms. The maximum Gasteiger partial charge on any atom is 0.311 e. The van der Waals surface area contributed by atoms with Crippen LogP contribution in [-0.4, -0.2) is 156 Å². The van der Waals surface area contributed by atoms with E-state index in [0.29, 0.717) is 18.1 Å². The molecule has 3 aliphatic heterocycles. The van der Waals surface area contributed by atoms with E-state index in [1.165, 1.54) is 14.0 Å². The monoisotopic (exact) mass is 918 g/mol. The molecule has 17 nitrogen and oxygen atoms in total. The number of oxime groups is 1. The second-order valence-electron chi connectivity index (χ2n) is 18.5. The average Bonchev–Trinajstić information content (AvgIpc) is 3.23. The fraction of sp³-hybridized carbons (Fsp3) is 0.822.